The number of hydrogen-bond donors (Lipinski definition) is 4. The van der Waals surface area contributed by atoms with Gasteiger partial charge in [0.25, 0.3) is 17.2 Å². The van der Waals surface area contributed by atoms with E-state index in [1.165, 1.54) is 42.7 Å². The van der Waals surface area contributed by atoms with Crippen LogP contribution in [0.3, 0.4) is 0 Å². The van der Waals surface area contributed by atoms with E-state index in [0.717, 1.165) is 0 Å². The van der Waals surface area contributed by atoms with Crippen molar-refractivity contribution in [1.82, 2.24) is 20.4 Å². The molecule has 4 N–H and O–H groups in total. The Balaban J connectivity index is 1.79. The molecule has 2 aromatic heterocycles. The lowest BCUT2D eigenvalue weighted by atomic mass is 10.00. The van der Waals surface area contributed by atoms with Crippen LogP contribution in [0.5, 0.6) is 0 Å². The van der Waals surface area contributed by atoms with E-state index in [9.17, 15) is 29.9 Å². The number of H-pyrrole nitrogens is 1. The van der Waals surface area contributed by atoms with Crippen molar-refractivity contribution in [3.8, 4) is 0 Å². The zero-order chi connectivity index (χ0) is 25.8. The van der Waals surface area contributed by atoms with E-state index in [2.05, 4.69) is 25.5 Å². The molecule has 12 nitrogen and oxygen atoms in total. The minimum Gasteiger partial charge on any atom is -0.389 e. The van der Waals surface area contributed by atoms with E-state index in [1.807, 2.05) is 0 Å². The van der Waals surface area contributed by atoms with Gasteiger partial charge in [-0.1, -0.05) is 24.3 Å². The molecule has 0 aliphatic rings. The molecule has 0 spiro atoms. The van der Waals surface area contributed by atoms with Crippen LogP contribution in [-0.2, 0) is 0 Å². The van der Waals surface area contributed by atoms with Crippen LogP contribution in [0, 0.1) is 10.1 Å². The van der Waals surface area contributed by atoms with E-state index in [0.29, 0.717) is 11.1 Å². The number of benzene rings is 2. The second-order valence-electron chi connectivity index (χ2n) is 7.79. The minimum absolute atomic E-state index is 0.119. The van der Waals surface area contributed by atoms with Crippen LogP contribution in [0.15, 0.2) is 76.9 Å². The molecule has 0 radical (unpaired) electrons. The summed E-state index contributed by atoms with van der Waals surface area (Å²) in [7, 11) is 0. The number of carbonyl (C=O) groups is 1. The van der Waals surface area contributed by atoms with Crippen molar-refractivity contribution in [3.63, 3.8) is 0 Å². The van der Waals surface area contributed by atoms with Crippen molar-refractivity contribution >= 4 is 28.3 Å². The monoisotopic (exact) mass is 488 g/mol. The summed E-state index contributed by atoms with van der Waals surface area (Å²) in [4.78, 5) is 46.5. The smallest absolute Gasteiger partial charge is 0.276 e. The SMILES string of the molecule is CC(O)c1ccc(C(O)/C(=N/NC(=O)c2ccncc2)c2nc3ccc([N+](=O)[O-])cc3[nH]c2=O)cc1. The van der Waals surface area contributed by atoms with E-state index in [4.69, 9.17) is 0 Å². The third-order valence-electron chi connectivity index (χ3n) is 5.34. The summed E-state index contributed by atoms with van der Waals surface area (Å²) in [6.45, 7) is 1.59. The number of hydrogen-bond acceptors (Lipinski definition) is 9. The van der Waals surface area contributed by atoms with Crippen molar-refractivity contribution in [2.75, 3.05) is 0 Å². The van der Waals surface area contributed by atoms with E-state index in [-0.39, 0.29) is 33.7 Å². The molecule has 0 saturated carbocycles. The predicted octanol–water partition coefficient (Wildman–Crippen LogP) is 2.15. The highest BCUT2D eigenvalue weighted by Crippen LogP contribution is 2.22. The Morgan fingerprint density at radius 1 is 1.08 bits per heavy atom. The van der Waals surface area contributed by atoms with Gasteiger partial charge in [-0.2, -0.15) is 5.10 Å². The van der Waals surface area contributed by atoms with Crippen LogP contribution in [0.25, 0.3) is 11.0 Å². The maximum atomic E-state index is 12.9. The second kappa shape index (κ2) is 10.2. The molecule has 0 bridgehead atoms. The summed E-state index contributed by atoms with van der Waals surface area (Å²) in [5, 5.41) is 36.0. The summed E-state index contributed by atoms with van der Waals surface area (Å²) < 4.78 is 0. The third kappa shape index (κ3) is 5.14. The summed E-state index contributed by atoms with van der Waals surface area (Å²) in [5.74, 6) is -0.612. The molecule has 0 aliphatic carbocycles. The average Bonchev–Trinajstić information content (AvgIpc) is 2.88. The standard InChI is InChI=1S/C24H20N6O6/c1-13(31)14-2-4-15(5-3-14)22(32)20(28-29-23(33)16-8-10-25-11-9-16)21-24(34)27-19-12-17(30(35)36)6-7-18(19)26-21/h2-13,22,31-32H,1H3,(H,27,34)(H,29,33)/b28-20+. The Morgan fingerprint density at radius 2 is 1.75 bits per heavy atom. The molecule has 2 aromatic carbocycles. The summed E-state index contributed by atoms with van der Waals surface area (Å²) >= 11 is 0. The molecule has 0 fully saturated rings. The number of pyridine rings is 1. The van der Waals surface area contributed by atoms with Crippen LogP contribution < -0.4 is 11.0 Å². The number of nitrogens with zero attached hydrogens (tertiary/aromatic N) is 4. The van der Waals surface area contributed by atoms with E-state index < -0.39 is 28.6 Å². The Labute approximate surface area is 203 Å². The zero-order valence-corrected chi connectivity index (χ0v) is 18.8. The van der Waals surface area contributed by atoms with Crippen molar-refractivity contribution in [2.24, 2.45) is 5.10 Å². The van der Waals surface area contributed by atoms with Crippen molar-refractivity contribution < 1.29 is 19.9 Å². The van der Waals surface area contributed by atoms with Crippen molar-refractivity contribution in [2.45, 2.75) is 19.1 Å². The summed E-state index contributed by atoms with van der Waals surface area (Å²) in [6, 6.07) is 13.0. The van der Waals surface area contributed by atoms with Gasteiger partial charge < -0.3 is 15.2 Å². The first-order valence-electron chi connectivity index (χ1n) is 10.7. The topological polar surface area (TPSA) is 184 Å². The van der Waals surface area contributed by atoms with Crippen LogP contribution in [0.4, 0.5) is 5.69 Å². The molecule has 1 amide bonds. The number of carbonyl (C=O) groups excluding carboxylic acids is 1. The number of nitrogens with one attached hydrogen (secondary N) is 2. The van der Waals surface area contributed by atoms with Gasteiger partial charge in [-0.3, -0.25) is 24.7 Å². The van der Waals surface area contributed by atoms with Gasteiger partial charge in [0.2, 0.25) is 0 Å². The highest BCUT2D eigenvalue weighted by molar-refractivity contribution is 6.04. The second-order valence-corrected chi connectivity index (χ2v) is 7.79. The molecule has 2 atom stereocenters. The van der Waals surface area contributed by atoms with Crippen molar-refractivity contribution in [1.29, 1.82) is 0 Å². The number of nitro groups is 1. The number of non-ortho nitro benzene ring substituents is 1. The van der Waals surface area contributed by atoms with Gasteiger partial charge in [0, 0.05) is 30.1 Å². The average molecular weight is 488 g/mol. The number of aromatic amines is 1. The molecule has 0 aliphatic heterocycles. The molecule has 4 rings (SSSR count). The molecule has 36 heavy (non-hydrogen) atoms. The number of hydrazone groups is 1. The lowest BCUT2D eigenvalue weighted by Gasteiger charge is -2.15. The molecule has 12 heteroatoms. The first-order valence-corrected chi connectivity index (χ1v) is 10.7. The molecule has 182 valence electrons. The number of amides is 1. The fourth-order valence-corrected chi connectivity index (χ4v) is 3.40. The molecule has 4 aromatic rings. The highest BCUT2D eigenvalue weighted by Gasteiger charge is 2.24. The fraction of sp³-hybridized carbons (Fsp3) is 0.125. The largest absolute Gasteiger partial charge is 0.389 e. The third-order valence-corrected chi connectivity index (χ3v) is 5.34. The lowest BCUT2D eigenvalue weighted by molar-refractivity contribution is -0.384. The normalized spacial score (nSPS) is 13.2. The van der Waals surface area contributed by atoms with Crippen LogP contribution in [0.2, 0.25) is 0 Å². The van der Waals surface area contributed by atoms with Gasteiger partial charge >= 0.3 is 0 Å². The molecular weight excluding hydrogens is 468 g/mol. The van der Waals surface area contributed by atoms with Crippen LogP contribution >= 0.6 is 0 Å². The Kier molecular flexibility index (Phi) is 6.90. The highest BCUT2D eigenvalue weighted by atomic mass is 16.6. The summed E-state index contributed by atoms with van der Waals surface area (Å²) in [6.07, 6.45) is 0.632. The van der Waals surface area contributed by atoms with Gasteiger partial charge in [0.1, 0.15) is 11.8 Å². The number of fused-ring (bicyclic) bond motifs is 1. The first kappa shape index (κ1) is 24.3. The molecule has 0 saturated heterocycles. The lowest BCUT2D eigenvalue weighted by Crippen LogP contribution is -2.29. The Morgan fingerprint density at radius 3 is 2.39 bits per heavy atom. The minimum atomic E-state index is -1.49. The van der Waals surface area contributed by atoms with Gasteiger partial charge in [-0.25, -0.2) is 10.4 Å². The van der Waals surface area contributed by atoms with Gasteiger partial charge in [-0.15, -0.1) is 0 Å². The molecule has 2 unspecified atom stereocenters. The zero-order valence-electron chi connectivity index (χ0n) is 18.8. The number of nitro benzene ring substituents is 1. The fourth-order valence-electron chi connectivity index (χ4n) is 3.40. The molecular formula is C24H20N6O6. The first-order chi connectivity index (χ1) is 17.2. The summed E-state index contributed by atoms with van der Waals surface area (Å²) in [5.41, 5.74) is 2.26. The Hall–Kier alpha value is -4.81. The van der Waals surface area contributed by atoms with Gasteiger partial charge in [0.15, 0.2) is 5.69 Å². The maximum absolute atomic E-state index is 12.9. The van der Waals surface area contributed by atoms with Crippen LogP contribution in [-0.4, -0.2) is 41.7 Å². The van der Waals surface area contributed by atoms with E-state index in [1.54, 1.807) is 31.2 Å². The number of rotatable bonds is 7. The number of aliphatic hydroxyl groups excluding tert-OH is 2. The number of aliphatic hydroxyl groups is 2. The maximum Gasteiger partial charge on any atom is 0.276 e. The van der Waals surface area contributed by atoms with E-state index >= 15 is 0 Å². The van der Waals surface area contributed by atoms with Crippen molar-refractivity contribution in [3.05, 3.63) is 110 Å². The van der Waals surface area contributed by atoms with Crippen LogP contribution in [0.1, 0.15) is 46.3 Å². The van der Waals surface area contributed by atoms with Gasteiger partial charge in [-0.05, 0) is 36.2 Å². The Bertz CT molecular complexity index is 1520. The quantitative estimate of drug-likeness (QED) is 0.173. The van der Waals surface area contributed by atoms with Gasteiger partial charge in [0.05, 0.1) is 22.1 Å². The number of aromatic nitrogens is 3. The molecule has 2 heterocycles. The predicted molar refractivity (Wildman–Crippen MR) is 129 cm³/mol.